The normalized spacial score (nSPS) is 17.6. The summed E-state index contributed by atoms with van der Waals surface area (Å²) in [4.78, 5) is 39.0. The first-order chi connectivity index (χ1) is 12.4. The average Bonchev–Trinajstić information content (AvgIpc) is 2.60. The summed E-state index contributed by atoms with van der Waals surface area (Å²) in [5.74, 6) is -1.87. The van der Waals surface area contributed by atoms with E-state index in [1.54, 1.807) is 24.4 Å². The number of rotatable bonds is 4. The first kappa shape index (κ1) is 17.4. The molecule has 134 valence electrons. The fourth-order valence-electron chi connectivity index (χ4n) is 2.99. The quantitative estimate of drug-likeness (QED) is 0.768. The van der Waals surface area contributed by atoms with Crippen molar-refractivity contribution in [2.75, 3.05) is 5.32 Å². The predicted molar refractivity (Wildman–Crippen MR) is 94.2 cm³/mol. The number of aromatic nitrogens is 2. The Morgan fingerprint density at radius 1 is 1.23 bits per heavy atom. The minimum absolute atomic E-state index is 0.105. The maximum Gasteiger partial charge on any atom is 0.342 e. The molecule has 1 aliphatic heterocycles. The van der Waals surface area contributed by atoms with Crippen LogP contribution in [0, 0.1) is 5.92 Å². The average molecular weight is 355 g/mol. The molecule has 8 nitrogen and oxygen atoms in total. The molecule has 0 amide bonds. The zero-order chi connectivity index (χ0) is 18.8. The van der Waals surface area contributed by atoms with Gasteiger partial charge in [0.1, 0.15) is 11.4 Å². The molecule has 8 heteroatoms. The number of anilines is 1. The predicted octanol–water partition coefficient (Wildman–Crippen LogP) is 2.13. The molecule has 1 aromatic heterocycles. The Kier molecular flexibility index (Phi) is 4.57. The Labute approximate surface area is 148 Å². The van der Waals surface area contributed by atoms with Crippen LogP contribution in [0.1, 0.15) is 39.9 Å². The molecule has 1 atom stereocenters. The molecule has 0 saturated heterocycles. The SMILES string of the molecule is CC1CC(=CNc2ccccc2C(=O)O)c2ncc(C(=O)O)c(=O)n2C1. The van der Waals surface area contributed by atoms with E-state index in [2.05, 4.69) is 10.3 Å². The third kappa shape index (κ3) is 3.21. The van der Waals surface area contributed by atoms with Crippen LogP contribution in [0.5, 0.6) is 0 Å². The summed E-state index contributed by atoms with van der Waals surface area (Å²) in [5, 5.41) is 21.3. The largest absolute Gasteiger partial charge is 0.478 e. The zero-order valence-corrected chi connectivity index (χ0v) is 14.0. The van der Waals surface area contributed by atoms with Gasteiger partial charge < -0.3 is 15.5 Å². The number of hydrogen-bond acceptors (Lipinski definition) is 5. The van der Waals surface area contributed by atoms with Crippen molar-refractivity contribution in [3.8, 4) is 0 Å². The van der Waals surface area contributed by atoms with E-state index in [-0.39, 0.29) is 17.0 Å². The van der Waals surface area contributed by atoms with E-state index in [4.69, 9.17) is 5.11 Å². The summed E-state index contributed by atoms with van der Waals surface area (Å²) in [5.41, 5.74) is 0.289. The second-order valence-electron chi connectivity index (χ2n) is 6.19. The highest BCUT2D eigenvalue weighted by molar-refractivity contribution is 5.94. The molecule has 2 aromatic rings. The number of carboxylic acids is 2. The van der Waals surface area contributed by atoms with E-state index < -0.39 is 17.5 Å². The second-order valence-corrected chi connectivity index (χ2v) is 6.19. The standard InChI is InChI=1S/C18H17N3O5/c1-10-6-11(7-19-14-5-3-2-4-12(14)17(23)24)15-20-8-13(18(25)26)16(22)21(15)9-10/h2-5,7-8,10,19H,6,9H2,1H3,(H,23,24)(H,25,26). The summed E-state index contributed by atoms with van der Waals surface area (Å²) in [6, 6.07) is 6.48. The third-order valence-electron chi connectivity index (χ3n) is 4.19. The van der Waals surface area contributed by atoms with E-state index in [1.165, 1.54) is 10.6 Å². The molecule has 2 heterocycles. The number of nitrogens with one attached hydrogen (secondary N) is 1. The topological polar surface area (TPSA) is 122 Å². The Bertz CT molecular complexity index is 977. The van der Waals surface area contributed by atoms with Crippen molar-refractivity contribution in [2.45, 2.75) is 19.9 Å². The molecule has 3 N–H and O–H groups in total. The smallest absolute Gasteiger partial charge is 0.342 e. The van der Waals surface area contributed by atoms with Crippen molar-refractivity contribution >= 4 is 23.2 Å². The number of carbonyl (C=O) groups is 2. The van der Waals surface area contributed by atoms with Crippen molar-refractivity contribution in [1.29, 1.82) is 0 Å². The maximum absolute atomic E-state index is 12.4. The van der Waals surface area contributed by atoms with Gasteiger partial charge in [0.05, 0.1) is 11.3 Å². The van der Waals surface area contributed by atoms with Gasteiger partial charge in [-0.05, 0) is 24.5 Å². The summed E-state index contributed by atoms with van der Waals surface area (Å²) < 4.78 is 1.36. The molecule has 1 unspecified atom stereocenters. The van der Waals surface area contributed by atoms with Gasteiger partial charge in [0, 0.05) is 24.5 Å². The Morgan fingerprint density at radius 3 is 2.62 bits per heavy atom. The summed E-state index contributed by atoms with van der Waals surface area (Å²) in [7, 11) is 0. The number of fused-ring (bicyclic) bond motifs is 1. The highest BCUT2D eigenvalue weighted by Crippen LogP contribution is 2.27. The van der Waals surface area contributed by atoms with Gasteiger partial charge in [-0.15, -0.1) is 0 Å². The minimum atomic E-state index is -1.31. The van der Waals surface area contributed by atoms with Gasteiger partial charge in [-0.1, -0.05) is 19.1 Å². The third-order valence-corrected chi connectivity index (χ3v) is 4.19. The van der Waals surface area contributed by atoms with Crippen LogP contribution < -0.4 is 10.9 Å². The lowest BCUT2D eigenvalue weighted by atomic mass is 9.96. The van der Waals surface area contributed by atoms with Gasteiger partial charge in [0.15, 0.2) is 0 Å². The van der Waals surface area contributed by atoms with Gasteiger partial charge in [0.2, 0.25) is 0 Å². The minimum Gasteiger partial charge on any atom is -0.478 e. The molecule has 1 aromatic carbocycles. The molecule has 0 spiro atoms. The first-order valence-electron chi connectivity index (χ1n) is 8.00. The Morgan fingerprint density at radius 2 is 1.92 bits per heavy atom. The number of allylic oxidation sites excluding steroid dienone is 1. The van der Waals surface area contributed by atoms with Crippen LogP contribution in [0.25, 0.3) is 5.57 Å². The number of benzene rings is 1. The Hall–Kier alpha value is -3.42. The number of hydrogen-bond donors (Lipinski definition) is 3. The van der Waals surface area contributed by atoms with E-state index in [0.717, 1.165) is 6.20 Å². The number of para-hydroxylation sites is 1. The lowest BCUT2D eigenvalue weighted by Gasteiger charge is -2.25. The van der Waals surface area contributed by atoms with E-state index >= 15 is 0 Å². The molecular weight excluding hydrogens is 338 g/mol. The van der Waals surface area contributed by atoms with Gasteiger partial charge >= 0.3 is 11.9 Å². The highest BCUT2D eigenvalue weighted by Gasteiger charge is 2.24. The lowest BCUT2D eigenvalue weighted by molar-refractivity contribution is 0.0684. The maximum atomic E-state index is 12.4. The fourth-order valence-corrected chi connectivity index (χ4v) is 2.99. The van der Waals surface area contributed by atoms with E-state index in [1.807, 2.05) is 6.92 Å². The highest BCUT2D eigenvalue weighted by atomic mass is 16.4. The van der Waals surface area contributed by atoms with Gasteiger partial charge in [0.25, 0.3) is 5.56 Å². The summed E-state index contributed by atoms with van der Waals surface area (Å²) in [6.07, 6.45) is 3.31. The van der Waals surface area contributed by atoms with E-state index in [9.17, 15) is 19.5 Å². The molecule has 0 bridgehead atoms. The molecule has 3 rings (SSSR count). The molecule has 0 saturated carbocycles. The van der Waals surface area contributed by atoms with Gasteiger partial charge in [-0.25, -0.2) is 14.6 Å². The second kappa shape index (κ2) is 6.83. The van der Waals surface area contributed by atoms with Crippen LogP contribution in [-0.4, -0.2) is 31.7 Å². The lowest BCUT2D eigenvalue weighted by Crippen LogP contribution is -2.34. The zero-order valence-electron chi connectivity index (χ0n) is 14.0. The van der Waals surface area contributed by atoms with Crippen molar-refractivity contribution in [3.63, 3.8) is 0 Å². The fraction of sp³-hybridized carbons (Fsp3) is 0.222. The number of nitrogens with zero attached hydrogens (tertiary/aromatic N) is 2. The van der Waals surface area contributed by atoms with Crippen molar-refractivity contribution in [1.82, 2.24) is 9.55 Å². The van der Waals surface area contributed by atoms with Crippen LogP contribution in [0.4, 0.5) is 5.69 Å². The van der Waals surface area contributed by atoms with Crippen molar-refractivity contribution in [2.24, 2.45) is 5.92 Å². The molecule has 1 aliphatic rings. The first-order valence-corrected chi connectivity index (χ1v) is 8.00. The van der Waals surface area contributed by atoms with E-state index in [0.29, 0.717) is 30.1 Å². The van der Waals surface area contributed by atoms with Crippen LogP contribution >= 0.6 is 0 Å². The van der Waals surface area contributed by atoms with Crippen molar-refractivity contribution in [3.05, 3.63) is 64.0 Å². The molecule has 26 heavy (non-hydrogen) atoms. The van der Waals surface area contributed by atoms with Crippen LogP contribution in [0.3, 0.4) is 0 Å². The monoisotopic (exact) mass is 355 g/mol. The Balaban J connectivity index is 2.02. The molecule has 0 radical (unpaired) electrons. The van der Waals surface area contributed by atoms with Crippen LogP contribution in [0.15, 0.2) is 41.5 Å². The van der Waals surface area contributed by atoms with Crippen LogP contribution in [0.2, 0.25) is 0 Å². The van der Waals surface area contributed by atoms with Crippen LogP contribution in [-0.2, 0) is 6.54 Å². The molecular formula is C18H17N3O5. The van der Waals surface area contributed by atoms with Gasteiger partial charge in [-0.3, -0.25) is 9.36 Å². The molecule has 0 fully saturated rings. The number of aromatic carboxylic acids is 2. The summed E-state index contributed by atoms with van der Waals surface area (Å²) >= 11 is 0. The number of carboxylic acid groups (broad SMARTS) is 2. The summed E-state index contributed by atoms with van der Waals surface area (Å²) in [6.45, 7) is 2.33. The van der Waals surface area contributed by atoms with Gasteiger partial charge in [-0.2, -0.15) is 0 Å². The van der Waals surface area contributed by atoms with Crippen molar-refractivity contribution < 1.29 is 19.8 Å². The molecule has 0 aliphatic carbocycles.